The Kier molecular flexibility index (Phi) is 3.26. The molecule has 0 saturated carbocycles. The summed E-state index contributed by atoms with van der Waals surface area (Å²) in [6.07, 6.45) is 1.85. The fraction of sp³-hybridized carbons (Fsp3) is 0.500. The molecule has 1 saturated heterocycles. The fourth-order valence-corrected chi connectivity index (χ4v) is 2.27. The predicted octanol–water partition coefficient (Wildman–Crippen LogP) is 2.00. The van der Waals surface area contributed by atoms with Gasteiger partial charge in [-0.05, 0) is 19.1 Å². The van der Waals surface area contributed by atoms with Crippen molar-refractivity contribution < 1.29 is 4.74 Å². The summed E-state index contributed by atoms with van der Waals surface area (Å²) in [5.41, 5.74) is 0. The third-order valence-electron chi connectivity index (χ3n) is 2.00. The minimum absolute atomic E-state index is 0.631. The van der Waals surface area contributed by atoms with Crippen molar-refractivity contribution in [2.75, 3.05) is 25.1 Å². The molecule has 0 aliphatic carbocycles. The summed E-state index contributed by atoms with van der Waals surface area (Å²) in [5, 5.41) is 3.83. The molecule has 0 spiro atoms. The van der Waals surface area contributed by atoms with E-state index in [0.29, 0.717) is 5.25 Å². The molecule has 76 valence electrons. The number of nitrogens with one attached hydrogen (secondary N) is 1. The summed E-state index contributed by atoms with van der Waals surface area (Å²) in [4.78, 5) is 5.49. The molecule has 1 aliphatic rings. The Balaban J connectivity index is 1.97. The van der Waals surface area contributed by atoms with E-state index in [2.05, 4.69) is 23.3 Å². The lowest BCUT2D eigenvalue weighted by atomic mass is 10.4. The van der Waals surface area contributed by atoms with Crippen LogP contribution in [-0.4, -0.2) is 30.0 Å². The Bertz CT molecular complexity index is 302. The Morgan fingerprint density at radius 2 is 2.50 bits per heavy atom. The zero-order valence-corrected chi connectivity index (χ0v) is 9.01. The third-order valence-corrected chi connectivity index (χ3v) is 3.13. The van der Waals surface area contributed by atoms with Crippen molar-refractivity contribution in [3.05, 3.63) is 18.3 Å². The molecule has 2 rings (SSSR count). The van der Waals surface area contributed by atoms with Crippen molar-refractivity contribution in [2.24, 2.45) is 0 Å². The molecular weight excluding hydrogens is 196 g/mol. The second kappa shape index (κ2) is 4.66. The van der Waals surface area contributed by atoms with Gasteiger partial charge < -0.3 is 10.1 Å². The Morgan fingerprint density at radius 3 is 3.14 bits per heavy atom. The summed E-state index contributed by atoms with van der Waals surface area (Å²) in [7, 11) is 0. The van der Waals surface area contributed by atoms with Gasteiger partial charge in [-0.2, -0.15) is 0 Å². The summed E-state index contributed by atoms with van der Waals surface area (Å²) in [5.74, 6) is 0.956. The normalized spacial score (nSPS) is 16.4. The lowest BCUT2D eigenvalue weighted by Gasteiger charge is -2.25. The Labute approximate surface area is 88.3 Å². The van der Waals surface area contributed by atoms with Crippen LogP contribution >= 0.6 is 11.8 Å². The number of anilines is 1. The SMILES string of the molecule is CCNc1cc(SC2COC2)ccn1. The smallest absolute Gasteiger partial charge is 0.126 e. The maximum absolute atomic E-state index is 5.13. The van der Waals surface area contributed by atoms with Gasteiger partial charge in [-0.1, -0.05) is 0 Å². The van der Waals surface area contributed by atoms with Gasteiger partial charge in [0.25, 0.3) is 0 Å². The van der Waals surface area contributed by atoms with Gasteiger partial charge in [-0.25, -0.2) is 4.98 Å². The van der Waals surface area contributed by atoms with Crippen LogP contribution in [0, 0.1) is 0 Å². The molecular formula is C10H14N2OS. The zero-order chi connectivity index (χ0) is 9.80. The van der Waals surface area contributed by atoms with Gasteiger partial charge in [-0.15, -0.1) is 11.8 Å². The predicted molar refractivity (Wildman–Crippen MR) is 58.9 cm³/mol. The van der Waals surface area contributed by atoms with E-state index < -0.39 is 0 Å². The highest BCUT2D eigenvalue weighted by Gasteiger charge is 2.19. The minimum atomic E-state index is 0.631. The molecule has 2 heterocycles. The number of hydrogen-bond acceptors (Lipinski definition) is 4. The van der Waals surface area contributed by atoms with Crippen molar-refractivity contribution in [3.63, 3.8) is 0 Å². The van der Waals surface area contributed by atoms with Crippen LogP contribution < -0.4 is 5.32 Å². The van der Waals surface area contributed by atoms with Crippen LogP contribution in [0.25, 0.3) is 0 Å². The second-order valence-corrected chi connectivity index (χ2v) is 4.56. The molecule has 1 aliphatic heterocycles. The summed E-state index contributed by atoms with van der Waals surface area (Å²) in [6, 6.07) is 4.14. The first-order chi connectivity index (χ1) is 6.88. The number of nitrogens with zero attached hydrogens (tertiary/aromatic N) is 1. The Morgan fingerprint density at radius 1 is 1.64 bits per heavy atom. The van der Waals surface area contributed by atoms with E-state index in [1.54, 1.807) is 0 Å². The molecule has 0 unspecified atom stereocenters. The van der Waals surface area contributed by atoms with Crippen LogP contribution in [0.3, 0.4) is 0 Å². The second-order valence-electron chi connectivity index (χ2n) is 3.18. The molecule has 0 amide bonds. The number of hydrogen-bond donors (Lipinski definition) is 1. The van der Waals surface area contributed by atoms with Crippen LogP contribution in [0.15, 0.2) is 23.2 Å². The van der Waals surface area contributed by atoms with Crippen LogP contribution in [-0.2, 0) is 4.74 Å². The van der Waals surface area contributed by atoms with E-state index in [0.717, 1.165) is 25.6 Å². The van der Waals surface area contributed by atoms with Crippen molar-refractivity contribution in [1.29, 1.82) is 0 Å². The molecule has 0 bridgehead atoms. The lowest BCUT2D eigenvalue weighted by Crippen LogP contribution is -2.30. The van der Waals surface area contributed by atoms with Gasteiger partial charge in [0.05, 0.1) is 18.5 Å². The van der Waals surface area contributed by atoms with Gasteiger partial charge in [0.2, 0.25) is 0 Å². The van der Waals surface area contributed by atoms with Crippen LogP contribution in [0.2, 0.25) is 0 Å². The quantitative estimate of drug-likeness (QED) is 0.824. The summed E-state index contributed by atoms with van der Waals surface area (Å²) in [6.45, 7) is 4.74. The molecule has 3 nitrogen and oxygen atoms in total. The van der Waals surface area contributed by atoms with Crippen molar-refractivity contribution in [1.82, 2.24) is 4.98 Å². The summed E-state index contributed by atoms with van der Waals surface area (Å²) >= 11 is 1.87. The topological polar surface area (TPSA) is 34.1 Å². The molecule has 1 fully saturated rings. The fourth-order valence-electron chi connectivity index (χ4n) is 1.24. The van der Waals surface area contributed by atoms with Crippen LogP contribution in [0.4, 0.5) is 5.82 Å². The van der Waals surface area contributed by atoms with E-state index in [9.17, 15) is 0 Å². The van der Waals surface area contributed by atoms with Gasteiger partial charge in [0, 0.05) is 17.6 Å². The number of pyridine rings is 1. The average molecular weight is 210 g/mol. The monoisotopic (exact) mass is 210 g/mol. The molecule has 0 atom stereocenters. The Hall–Kier alpha value is -0.740. The zero-order valence-electron chi connectivity index (χ0n) is 8.19. The molecule has 1 aromatic rings. The first-order valence-electron chi connectivity index (χ1n) is 4.83. The average Bonchev–Trinajstić information content (AvgIpc) is 2.13. The molecule has 14 heavy (non-hydrogen) atoms. The summed E-state index contributed by atoms with van der Waals surface area (Å²) < 4.78 is 5.13. The number of ether oxygens (including phenoxy) is 1. The largest absolute Gasteiger partial charge is 0.379 e. The van der Waals surface area contributed by atoms with Crippen molar-refractivity contribution in [3.8, 4) is 0 Å². The maximum atomic E-state index is 5.13. The maximum Gasteiger partial charge on any atom is 0.126 e. The molecule has 1 aromatic heterocycles. The molecule has 0 radical (unpaired) electrons. The van der Waals surface area contributed by atoms with E-state index in [4.69, 9.17) is 4.74 Å². The van der Waals surface area contributed by atoms with E-state index in [1.165, 1.54) is 4.90 Å². The van der Waals surface area contributed by atoms with Crippen LogP contribution in [0.1, 0.15) is 6.92 Å². The highest BCUT2D eigenvalue weighted by atomic mass is 32.2. The van der Waals surface area contributed by atoms with Gasteiger partial charge in [0.15, 0.2) is 0 Å². The van der Waals surface area contributed by atoms with Gasteiger partial charge >= 0.3 is 0 Å². The highest BCUT2D eigenvalue weighted by Crippen LogP contribution is 2.28. The van der Waals surface area contributed by atoms with E-state index in [-0.39, 0.29) is 0 Å². The molecule has 1 N–H and O–H groups in total. The van der Waals surface area contributed by atoms with E-state index in [1.807, 2.05) is 24.0 Å². The van der Waals surface area contributed by atoms with Crippen molar-refractivity contribution >= 4 is 17.6 Å². The third kappa shape index (κ3) is 2.39. The first-order valence-corrected chi connectivity index (χ1v) is 5.71. The molecule has 4 heteroatoms. The lowest BCUT2D eigenvalue weighted by molar-refractivity contribution is 0.0455. The van der Waals surface area contributed by atoms with Gasteiger partial charge in [-0.3, -0.25) is 0 Å². The molecule has 0 aromatic carbocycles. The van der Waals surface area contributed by atoms with Crippen molar-refractivity contribution in [2.45, 2.75) is 17.1 Å². The van der Waals surface area contributed by atoms with Gasteiger partial charge in [0.1, 0.15) is 5.82 Å². The first kappa shape index (κ1) is 9.80. The van der Waals surface area contributed by atoms with E-state index >= 15 is 0 Å². The van der Waals surface area contributed by atoms with Crippen LogP contribution in [0.5, 0.6) is 0 Å². The highest BCUT2D eigenvalue weighted by molar-refractivity contribution is 8.00. The number of rotatable bonds is 4. The minimum Gasteiger partial charge on any atom is -0.379 e. The standard InChI is InChI=1S/C10H14N2OS/c1-2-11-10-5-8(3-4-12-10)14-9-6-13-7-9/h3-5,9H,2,6-7H2,1H3,(H,11,12). The number of thioether (sulfide) groups is 1. The number of aromatic nitrogens is 1.